The Balaban J connectivity index is 1.43. The first-order valence-electron chi connectivity index (χ1n) is 10.3. The highest BCUT2D eigenvalue weighted by Gasteiger charge is 2.29. The van der Waals surface area contributed by atoms with Gasteiger partial charge >= 0.3 is 0 Å². The Labute approximate surface area is 179 Å². The van der Waals surface area contributed by atoms with Gasteiger partial charge in [0.25, 0.3) is 5.91 Å². The number of hydrogen-bond acceptors (Lipinski definition) is 6. The first kappa shape index (κ1) is 19.3. The normalized spacial score (nSPS) is 17.8. The molecule has 1 fully saturated rings. The van der Waals surface area contributed by atoms with Crippen molar-refractivity contribution in [2.24, 2.45) is 10.1 Å². The number of H-pyrrole nitrogens is 1. The minimum absolute atomic E-state index is 0.0222. The Kier molecular flexibility index (Phi) is 4.91. The Morgan fingerprint density at radius 2 is 1.87 bits per heavy atom. The molecular weight excluding hydrogens is 394 g/mol. The number of nitrogens with zero attached hydrogens (tertiary/aromatic N) is 4. The van der Waals surface area contributed by atoms with E-state index in [1.54, 1.807) is 4.90 Å². The molecule has 0 spiro atoms. The van der Waals surface area contributed by atoms with E-state index in [4.69, 9.17) is 9.83 Å². The van der Waals surface area contributed by atoms with Gasteiger partial charge in [-0.2, -0.15) is 0 Å². The fraction of sp³-hybridized carbons (Fsp3) is 0.261. The lowest BCUT2D eigenvalue weighted by atomic mass is 10.0. The van der Waals surface area contributed by atoms with Crippen molar-refractivity contribution in [1.82, 2.24) is 14.8 Å². The number of aromatic amines is 1. The summed E-state index contributed by atoms with van der Waals surface area (Å²) < 4.78 is 0. The van der Waals surface area contributed by atoms with E-state index in [0.717, 1.165) is 35.2 Å². The minimum atomic E-state index is -0.136. The first-order valence-corrected chi connectivity index (χ1v) is 10.3. The molecule has 8 nitrogen and oxygen atoms in total. The highest BCUT2D eigenvalue weighted by Crippen LogP contribution is 2.35. The predicted octanol–water partition coefficient (Wildman–Crippen LogP) is 2.50. The largest absolute Gasteiger partial charge is 0.494 e. The minimum Gasteiger partial charge on any atom is -0.494 e. The number of carbonyl (C=O) groups excluding carboxylic acids is 1. The number of nitrogens with one attached hydrogen (secondary N) is 1. The van der Waals surface area contributed by atoms with E-state index < -0.39 is 0 Å². The van der Waals surface area contributed by atoms with Crippen LogP contribution in [0.25, 0.3) is 10.9 Å². The molecule has 2 aliphatic heterocycles. The quantitative estimate of drug-likeness (QED) is 0.638. The van der Waals surface area contributed by atoms with Gasteiger partial charge in [0.15, 0.2) is 12.5 Å². The molecule has 0 saturated carbocycles. The van der Waals surface area contributed by atoms with Crippen molar-refractivity contribution < 1.29 is 14.7 Å². The molecule has 0 atom stereocenters. The van der Waals surface area contributed by atoms with Gasteiger partial charge in [-0.3, -0.25) is 4.79 Å². The summed E-state index contributed by atoms with van der Waals surface area (Å²) in [6, 6.07) is 15.2. The Hall–Kier alpha value is -3.65. The second-order valence-corrected chi connectivity index (χ2v) is 7.77. The molecule has 0 aliphatic carbocycles. The molecule has 31 heavy (non-hydrogen) atoms. The summed E-state index contributed by atoms with van der Waals surface area (Å²) in [7, 11) is 2.04. The lowest BCUT2D eigenvalue weighted by molar-refractivity contribution is -0.137. The zero-order chi connectivity index (χ0) is 21.4. The molecule has 2 aromatic carbocycles. The van der Waals surface area contributed by atoms with E-state index in [0.29, 0.717) is 30.1 Å². The third-order valence-electron chi connectivity index (χ3n) is 5.74. The molecule has 1 saturated heterocycles. The molecular formula is C23H23N5O3. The third-order valence-corrected chi connectivity index (χ3v) is 5.74. The van der Waals surface area contributed by atoms with Gasteiger partial charge in [0.2, 0.25) is 0 Å². The summed E-state index contributed by atoms with van der Waals surface area (Å²) >= 11 is 0. The standard InChI is InChI=1S/C23H23N5O3/c1-27-10-12-28(13-11-27)19(29)14-31-26-21-16-7-3-5-9-18(16)24-22(21)20-15-6-2-4-8-17(15)25-23(20)30/h2-9,25,30H,10-14H2,1H3. The second kappa shape index (κ2) is 7.88. The summed E-state index contributed by atoms with van der Waals surface area (Å²) in [5.41, 5.74) is 3.94. The van der Waals surface area contributed by atoms with Crippen molar-refractivity contribution in [2.75, 3.05) is 39.8 Å². The summed E-state index contributed by atoms with van der Waals surface area (Å²) in [5.74, 6) is -0.0638. The number of carbonyl (C=O) groups is 1. The maximum Gasteiger partial charge on any atom is 0.263 e. The van der Waals surface area contributed by atoms with Crippen molar-refractivity contribution in [1.29, 1.82) is 0 Å². The van der Waals surface area contributed by atoms with E-state index in [1.807, 2.05) is 55.6 Å². The van der Waals surface area contributed by atoms with Crippen LogP contribution in [0.5, 0.6) is 5.88 Å². The van der Waals surface area contributed by atoms with E-state index in [-0.39, 0.29) is 18.4 Å². The van der Waals surface area contributed by atoms with E-state index in [2.05, 4.69) is 15.0 Å². The Bertz CT molecular complexity index is 1200. The molecule has 158 valence electrons. The highest BCUT2D eigenvalue weighted by molar-refractivity contribution is 6.58. The molecule has 0 radical (unpaired) electrons. The summed E-state index contributed by atoms with van der Waals surface area (Å²) in [6.07, 6.45) is 0. The van der Waals surface area contributed by atoms with Gasteiger partial charge in [0.1, 0.15) is 11.4 Å². The Morgan fingerprint density at radius 1 is 1.13 bits per heavy atom. The fourth-order valence-corrected chi connectivity index (χ4v) is 4.01. The van der Waals surface area contributed by atoms with Crippen LogP contribution < -0.4 is 0 Å². The summed E-state index contributed by atoms with van der Waals surface area (Å²) in [5, 5.41) is 15.7. The van der Waals surface area contributed by atoms with Crippen molar-refractivity contribution in [3.8, 4) is 5.88 Å². The number of para-hydroxylation sites is 2. The zero-order valence-electron chi connectivity index (χ0n) is 17.2. The number of aliphatic imine (C=N–C) groups is 1. The Morgan fingerprint density at radius 3 is 2.71 bits per heavy atom. The van der Waals surface area contributed by atoms with Crippen molar-refractivity contribution >= 4 is 33.9 Å². The lowest BCUT2D eigenvalue weighted by Gasteiger charge is -2.32. The number of oxime groups is 1. The summed E-state index contributed by atoms with van der Waals surface area (Å²) in [6.45, 7) is 2.94. The monoisotopic (exact) mass is 417 g/mol. The van der Waals surface area contributed by atoms with Gasteiger partial charge < -0.3 is 24.7 Å². The van der Waals surface area contributed by atoms with Crippen molar-refractivity contribution in [3.63, 3.8) is 0 Å². The highest BCUT2D eigenvalue weighted by atomic mass is 16.6. The van der Waals surface area contributed by atoms with Crippen LogP contribution >= 0.6 is 0 Å². The van der Waals surface area contributed by atoms with E-state index >= 15 is 0 Å². The smallest absolute Gasteiger partial charge is 0.263 e. The van der Waals surface area contributed by atoms with Gasteiger partial charge in [-0.25, -0.2) is 4.99 Å². The molecule has 2 N–H and O–H groups in total. The molecule has 0 unspecified atom stereocenters. The SMILES string of the molecule is CN1CCN(C(=O)CON=C2C(c3c(O)[nH]c4ccccc34)=Nc3ccccc32)CC1. The molecule has 1 amide bonds. The van der Waals surface area contributed by atoms with Crippen LogP contribution in [0.1, 0.15) is 11.1 Å². The molecule has 0 bridgehead atoms. The van der Waals surface area contributed by atoms with Crippen LogP contribution in [0.15, 0.2) is 58.7 Å². The van der Waals surface area contributed by atoms with Crippen LogP contribution in [0.4, 0.5) is 5.69 Å². The molecule has 8 heteroatoms. The van der Waals surface area contributed by atoms with Crippen LogP contribution in [-0.4, -0.2) is 77.1 Å². The average Bonchev–Trinajstić information content (AvgIpc) is 3.30. The maximum atomic E-state index is 12.5. The predicted molar refractivity (Wildman–Crippen MR) is 119 cm³/mol. The summed E-state index contributed by atoms with van der Waals surface area (Å²) in [4.78, 5) is 29.7. The van der Waals surface area contributed by atoms with Gasteiger partial charge in [-0.15, -0.1) is 0 Å². The third kappa shape index (κ3) is 3.55. The zero-order valence-corrected chi connectivity index (χ0v) is 17.2. The molecule has 5 rings (SSSR count). The van der Waals surface area contributed by atoms with Crippen molar-refractivity contribution in [2.45, 2.75) is 0 Å². The van der Waals surface area contributed by atoms with Gasteiger partial charge in [-0.1, -0.05) is 41.6 Å². The molecule has 1 aromatic heterocycles. The number of benzene rings is 2. The first-order chi connectivity index (χ1) is 15.1. The molecule has 3 aromatic rings. The van der Waals surface area contributed by atoms with Crippen LogP contribution in [0.3, 0.4) is 0 Å². The van der Waals surface area contributed by atoms with Gasteiger partial charge in [0, 0.05) is 42.6 Å². The van der Waals surface area contributed by atoms with E-state index in [1.165, 1.54) is 0 Å². The van der Waals surface area contributed by atoms with Crippen LogP contribution in [0.2, 0.25) is 0 Å². The lowest BCUT2D eigenvalue weighted by Crippen LogP contribution is -2.48. The molecule has 3 heterocycles. The molecule has 2 aliphatic rings. The number of fused-ring (bicyclic) bond motifs is 2. The van der Waals surface area contributed by atoms with Crippen LogP contribution in [-0.2, 0) is 9.63 Å². The number of rotatable bonds is 4. The van der Waals surface area contributed by atoms with E-state index in [9.17, 15) is 9.90 Å². The van der Waals surface area contributed by atoms with Crippen LogP contribution in [0, 0.1) is 0 Å². The average molecular weight is 417 g/mol. The van der Waals surface area contributed by atoms with Gasteiger partial charge in [-0.05, 0) is 19.2 Å². The topological polar surface area (TPSA) is 93.5 Å². The maximum absolute atomic E-state index is 12.5. The number of amides is 1. The second-order valence-electron chi connectivity index (χ2n) is 7.77. The number of hydrogen-bond donors (Lipinski definition) is 2. The fourth-order valence-electron chi connectivity index (χ4n) is 4.01. The number of aromatic hydroxyl groups is 1. The van der Waals surface area contributed by atoms with Gasteiger partial charge in [0.05, 0.1) is 11.3 Å². The number of piperazine rings is 1. The number of likely N-dealkylation sites (N-methyl/N-ethyl adjacent to an activating group) is 1. The van der Waals surface area contributed by atoms with Crippen molar-refractivity contribution in [3.05, 3.63) is 59.7 Å². The number of aromatic nitrogens is 1.